The van der Waals surface area contributed by atoms with E-state index in [1.165, 1.54) is 228 Å². The molecule has 0 aromatic heterocycles. The Hall–Kier alpha value is 1.62. The molecule has 0 aromatic carbocycles. The molecule has 272 valence electrons. The van der Waals surface area contributed by atoms with Gasteiger partial charge in [-0.25, -0.2) is 0 Å². The molecule has 0 aliphatic rings. The molecule has 5 heteroatoms. The largest absolute Gasteiger partial charge is 0.300 e. The van der Waals surface area contributed by atoms with Gasteiger partial charge in [0.2, 0.25) is 0 Å². The van der Waals surface area contributed by atoms with Crippen LogP contribution in [0.15, 0.2) is 0 Å². The van der Waals surface area contributed by atoms with Crippen LogP contribution in [-0.4, -0.2) is 27.7 Å². The van der Waals surface area contributed by atoms with Crippen molar-refractivity contribution < 1.29 is 0 Å². The van der Waals surface area contributed by atoms with E-state index in [2.05, 4.69) is 72.5 Å². The zero-order valence-corrected chi connectivity index (χ0v) is 35.9. The molecule has 0 saturated heterocycles. The maximum Gasteiger partial charge on any atom is 0.300 e. The molecule has 0 aromatic rings. The second-order valence-electron chi connectivity index (χ2n) is 13.8. The molecule has 0 heterocycles. The summed E-state index contributed by atoms with van der Waals surface area (Å²) in [7, 11) is 0. The molecule has 0 amide bonds. The van der Waals surface area contributed by atoms with Crippen LogP contribution in [0, 0.1) is 0 Å². The summed E-state index contributed by atoms with van der Waals surface area (Å²) in [5, 5.41) is 0. The summed E-state index contributed by atoms with van der Waals surface area (Å²) in [4.78, 5) is 0. The second kappa shape index (κ2) is 40.0. The molecule has 0 aliphatic carbocycles. The minimum atomic E-state index is -1.47. The van der Waals surface area contributed by atoms with Crippen LogP contribution in [-0.2, 0) is 0 Å². The predicted octanol–water partition coefficient (Wildman–Crippen LogP) is 16.9. The first-order chi connectivity index (χ1) is 22.2. The van der Waals surface area contributed by atoms with Gasteiger partial charge in [0, 0.05) is 0 Å². The topological polar surface area (TPSA) is 0 Å². The van der Waals surface area contributed by atoms with Crippen molar-refractivity contribution in [1.82, 2.24) is 0 Å². The van der Waals surface area contributed by atoms with E-state index >= 15 is 0 Å². The van der Waals surface area contributed by atoms with Crippen LogP contribution in [0.2, 0.25) is 0 Å². The summed E-state index contributed by atoms with van der Waals surface area (Å²) >= 11 is 10.0. The Balaban J connectivity index is 4.84. The van der Waals surface area contributed by atoms with E-state index in [0.29, 0.717) is 0 Å². The van der Waals surface area contributed by atoms with E-state index < -0.39 is 4.67 Å². The second-order valence-corrected chi connectivity index (χ2v) is 33.0. The van der Waals surface area contributed by atoms with Crippen LogP contribution in [0.25, 0.3) is 0 Å². The molecule has 0 rings (SSSR count). The maximum atomic E-state index is 2.50. The van der Waals surface area contributed by atoms with E-state index in [0.717, 1.165) is 0 Å². The minimum Gasteiger partial charge on any atom is -0.152 e. The molecule has 0 spiro atoms. The van der Waals surface area contributed by atoms with Gasteiger partial charge in [-0.1, -0.05) is 207 Å². The third-order valence-electron chi connectivity index (χ3n) is 9.11. The number of hydrogen-bond donors (Lipinski definition) is 0. The standard InChI is InChI=1S/C40H84S4Si/c1-5-9-13-17-21-25-29-33-37-41-45(42-38-34-30-26-22-18-14-10-6-2,43-39-35-31-27-23-19-15-11-7-3)44-40-36-32-28-24-20-16-12-8-4/h5-40H2,1-4H3. The van der Waals surface area contributed by atoms with E-state index in [9.17, 15) is 0 Å². The first-order valence-corrected chi connectivity index (χ1v) is 29.6. The van der Waals surface area contributed by atoms with Gasteiger partial charge in [-0.2, -0.15) is 44.8 Å². The molecule has 0 radical (unpaired) electrons. The lowest BCUT2D eigenvalue weighted by molar-refractivity contribution is 0.586. The van der Waals surface area contributed by atoms with Gasteiger partial charge < -0.3 is 0 Å². The molecule has 0 N–H and O–H groups in total. The smallest absolute Gasteiger partial charge is 0.152 e. The maximum absolute atomic E-state index is 2.50. The van der Waals surface area contributed by atoms with Gasteiger partial charge in [0.15, 0.2) is 0 Å². The molecule has 0 fully saturated rings. The van der Waals surface area contributed by atoms with Crippen molar-refractivity contribution in [2.24, 2.45) is 0 Å². The highest BCUT2D eigenvalue weighted by Crippen LogP contribution is 2.51. The summed E-state index contributed by atoms with van der Waals surface area (Å²) in [6.45, 7) is 9.33. The fourth-order valence-corrected chi connectivity index (χ4v) is 28.6. The normalized spacial score (nSPS) is 12.0. The van der Waals surface area contributed by atoms with Crippen molar-refractivity contribution in [3.8, 4) is 0 Å². The van der Waals surface area contributed by atoms with Crippen molar-refractivity contribution in [3.05, 3.63) is 0 Å². The number of rotatable bonds is 40. The Morgan fingerprint density at radius 2 is 0.378 bits per heavy atom. The summed E-state index contributed by atoms with van der Waals surface area (Å²) in [6.07, 6.45) is 46.4. The molecule has 0 nitrogen and oxygen atoms in total. The molecule has 45 heavy (non-hydrogen) atoms. The zero-order chi connectivity index (χ0) is 32.8. The van der Waals surface area contributed by atoms with Gasteiger partial charge in [0.05, 0.1) is 0 Å². The summed E-state index contributed by atoms with van der Waals surface area (Å²) < 4.78 is -1.47. The molecule has 0 aliphatic heterocycles. The Morgan fingerprint density at radius 1 is 0.222 bits per heavy atom. The predicted molar refractivity (Wildman–Crippen MR) is 226 cm³/mol. The highest BCUT2D eigenvalue weighted by Gasteiger charge is 2.36. The van der Waals surface area contributed by atoms with Crippen molar-refractivity contribution in [2.45, 2.75) is 233 Å². The summed E-state index contributed by atoms with van der Waals surface area (Å²) in [6, 6.07) is 0. The number of unbranched alkanes of at least 4 members (excludes halogenated alkanes) is 28. The first-order valence-electron chi connectivity index (χ1n) is 20.8. The van der Waals surface area contributed by atoms with Gasteiger partial charge >= 0.3 is 4.67 Å². The summed E-state index contributed by atoms with van der Waals surface area (Å²) in [5.41, 5.74) is 0. The first kappa shape index (κ1) is 46.6. The van der Waals surface area contributed by atoms with Gasteiger partial charge in [0.1, 0.15) is 0 Å². The van der Waals surface area contributed by atoms with Gasteiger partial charge in [-0.3, -0.25) is 0 Å². The van der Waals surface area contributed by atoms with E-state index in [-0.39, 0.29) is 0 Å². The fraction of sp³-hybridized carbons (Fsp3) is 1.00. The lowest BCUT2D eigenvalue weighted by Gasteiger charge is -2.29. The van der Waals surface area contributed by atoms with Gasteiger partial charge in [-0.05, 0) is 48.7 Å². The van der Waals surface area contributed by atoms with E-state index in [1.807, 2.05) is 0 Å². The number of hydrogen-bond acceptors (Lipinski definition) is 4. The summed E-state index contributed by atoms with van der Waals surface area (Å²) in [5.74, 6) is 5.72. The Morgan fingerprint density at radius 3 is 0.556 bits per heavy atom. The monoisotopic (exact) mass is 721 g/mol. The lowest BCUT2D eigenvalue weighted by Crippen LogP contribution is -2.22. The fourth-order valence-electron chi connectivity index (χ4n) is 5.98. The molecular formula is C40H84S4Si. The van der Waals surface area contributed by atoms with Crippen molar-refractivity contribution >= 4 is 49.5 Å². The molecular weight excluding hydrogens is 637 g/mol. The van der Waals surface area contributed by atoms with Crippen molar-refractivity contribution in [2.75, 3.05) is 23.0 Å². The van der Waals surface area contributed by atoms with Crippen LogP contribution in [0.5, 0.6) is 0 Å². The van der Waals surface area contributed by atoms with Crippen LogP contribution in [0.1, 0.15) is 233 Å². The Labute approximate surface area is 303 Å². The van der Waals surface area contributed by atoms with E-state index in [1.54, 1.807) is 0 Å². The van der Waals surface area contributed by atoms with Crippen LogP contribution in [0.4, 0.5) is 0 Å². The Bertz CT molecular complexity index is 439. The molecule has 0 saturated carbocycles. The van der Waals surface area contributed by atoms with E-state index in [4.69, 9.17) is 0 Å². The lowest BCUT2D eigenvalue weighted by atomic mass is 10.1. The minimum absolute atomic E-state index is 1.37. The SMILES string of the molecule is CCCCCCCCCCS[Si](SCCCCCCCCCC)(SCCCCCCCCCC)SCCCCCCCCCC. The molecule has 0 unspecified atom stereocenters. The van der Waals surface area contributed by atoms with Crippen molar-refractivity contribution in [3.63, 3.8) is 0 Å². The highest BCUT2D eigenvalue weighted by molar-refractivity contribution is 8.99. The van der Waals surface area contributed by atoms with Crippen LogP contribution in [0.3, 0.4) is 0 Å². The molecule has 0 bridgehead atoms. The average Bonchev–Trinajstić information content (AvgIpc) is 3.05. The third kappa shape index (κ3) is 35.3. The molecule has 0 atom stereocenters. The van der Waals surface area contributed by atoms with Crippen LogP contribution >= 0.6 is 44.8 Å². The van der Waals surface area contributed by atoms with Gasteiger partial charge in [0.25, 0.3) is 0 Å². The van der Waals surface area contributed by atoms with Crippen LogP contribution < -0.4 is 0 Å². The highest BCUT2D eigenvalue weighted by atomic mass is 32.9. The third-order valence-corrected chi connectivity index (χ3v) is 31.9. The quantitative estimate of drug-likeness (QED) is 0.0456. The van der Waals surface area contributed by atoms with Crippen molar-refractivity contribution in [1.29, 1.82) is 0 Å². The Kier molecular flexibility index (Phi) is 41.5. The average molecular weight is 721 g/mol. The van der Waals surface area contributed by atoms with Gasteiger partial charge in [-0.15, -0.1) is 0 Å². The zero-order valence-electron chi connectivity index (χ0n) is 31.6.